The first kappa shape index (κ1) is 17.5. The van der Waals surface area contributed by atoms with Gasteiger partial charge in [-0.3, -0.25) is 9.59 Å². The van der Waals surface area contributed by atoms with E-state index in [1.54, 1.807) is 42.5 Å². The Kier molecular flexibility index (Phi) is 5.71. The van der Waals surface area contributed by atoms with E-state index in [0.29, 0.717) is 22.0 Å². The maximum absolute atomic E-state index is 12.6. The Hall–Kier alpha value is -2.33. The summed E-state index contributed by atoms with van der Waals surface area (Å²) in [7, 11) is 0. The van der Waals surface area contributed by atoms with Crippen molar-refractivity contribution in [3.8, 4) is 0 Å². The highest BCUT2D eigenvalue weighted by Gasteiger charge is 2.22. The van der Waals surface area contributed by atoms with Crippen LogP contribution in [0.1, 0.15) is 42.5 Å². The Balaban J connectivity index is 1.72. The maximum Gasteiger partial charge on any atom is 0.257 e. The van der Waals surface area contributed by atoms with Crippen LogP contribution in [0.15, 0.2) is 48.5 Å². The van der Waals surface area contributed by atoms with Crippen LogP contribution in [-0.2, 0) is 4.79 Å². The van der Waals surface area contributed by atoms with Crippen molar-refractivity contribution >= 4 is 34.8 Å². The summed E-state index contributed by atoms with van der Waals surface area (Å²) < 4.78 is 0. The third-order valence-electron chi connectivity index (χ3n) is 4.51. The SMILES string of the molecule is O=C(Nc1ccc(Cl)cc1)c1ccccc1NC(=O)C1CCCCC1. The lowest BCUT2D eigenvalue weighted by Crippen LogP contribution is -2.26. The lowest BCUT2D eigenvalue weighted by Gasteiger charge is -2.21. The highest BCUT2D eigenvalue weighted by molar-refractivity contribution is 6.30. The van der Waals surface area contributed by atoms with Gasteiger partial charge < -0.3 is 10.6 Å². The summed E-state index contributed by atoms with van der Waals surface area (Å²) in [4.78, 5) is 25.1. The minimum Gasteiger partial charge on any atom is -0.325 e. The molecule has 0 unspecified atom stereocenters. The van der Waals surface area contributed by atoms with E-state index in [2.05, 4.69) is 10.6 Å². The maximum atomic E-state index is 12.6. The molecule has 1 aliphatic rings. The van der Waals surface area contributed by atoms with Gasteiger partial charge in [-0.25, -0.2) is 0 Å². The summed E-state index contributed by atoms with van der Waals surface area (Å²) in [6.07, 6.45) is 5.23. The minimum absolute atomic E-state index is 0.00597. The smallest absolute Gasteiger partial charge is 0.257 e. The second-order valence-corrected chi connectivity index (χ2v) is 6.77. The van der Waals surface area contributed by atoms with Crippen LogP contribution in [0.2, 0.25) is 5.02 Å². The monoisotopic (exact) mass is 356 g/mol. The van der Waals surface area contributed by atoms with E-state index in [1.165, 1.54) is 6.42 Å². The molecule has 2 aromatic carbocycles. The Morgan fingerprint density at radius 3 is 2.28 bits per heavy atom. The molecule has 1 saturated carbocycles. The van der Waals surface area contributed by atoms with E-state index in [0.717, 1.165) is 25.7 Å². The topological polar surface area (TPSA) is 58.2 Å². The second kappa shape index (κ2) is 8.17. The number of hydrogen-bond acceptors (Lipinski definition) is 2. The zero-order chi connectivity index (χ0) is 17.6. The minimum atomic E-state index is -0.262. The molecule has 25 heavy (non-hydrogen) atoms. The molecule has 3 rings (SSSR count). The average Bonchev–Trinajstić information content (AvgIpc) is 2.64. The molecule has 0 radical (unpaired) electrons. The van der Waals surface area contributed by atoms with E-state index in [-0.39, 0.29) is 17.7 Å². The average molecular weight is 357 g/mol. The summed E-state index contributed by atoms with van der Waals surface area (Å²) in [6, 6.07) is 14.0. The first-order chi connectivity index (χ1) is 12.1. The van der Waals surface area contributed by atoms with Crippen molar-refractivity contribution in [2.45, 2.75) is 32.1 Å². The van der Waals surface area contributed by atoms with Gasteiger partial charge in [-0.1, -0.05) is 43.0 Å². The van der Waals surface area contributed by atoms with Crippen molar-refractivity contribution in [2.75, 3.05) is 10.6 Å². The van der Waals surface area contributed by atoms with Crippen LogP contribution >= 0.6 is 11.6 Å². The van der Waals surface area contributed by atoms with Crippen molar-refractivity contribution in [2.24, 2.45) is 5.92 Å². The number of nitrogens with one attached hydrogen (secondary N) is 2. The molecule has 5 heteroatoms. The number of para-hydroxylation sites is 1. The van der Waals surface area contributed by atoms with Crippen LogP contribution in [0.3, 0.4) is 0 Å². The van der Waals surface area contributed by atoms with Crippen LogP contribution in [0.4, 0.5) is 11.4 Å². The number of amides is 2. The highest BCUT2D eigenvalue weighted by atomic mass is 35.5. The zero-order valence-electron chi connectivity index (χ0n) is 13.9. The van der Waals surface area contributed by atoms with E-state index in [4.69, 9.17) is 11.6 Å². The van der Waals surface area contributed by atoms with E-state index < -0.39 is 0 Å². The van der Waals surface area contributed by atoms with Gasteiger partial charge >= 0.3 is 0 Å². The molecular formula is C20H21ClN2O2. The molecule has 4 nitrogen and oxygen atoms in total. The molecule has 0 bridgehead atoms. The number of anilines is 2. The molecule has 2 aromatic rings. The Bertz CT molecular complexity index is 753. The first-order valence-corrected chi connectivity index (χ1v) is 8.98. The Labute approximate surface area is 152 Å². The lowest BCUT2D eigenvalue weighted by molar-refractivity contribution is -0.120. The van der Waals surface area contributed by atoms with E-state index in [1.807, 2.05) is 6.07 Å². The van der Waals surface area contributed by atoms with Crippen molar-refractivity contribution in [3.05, 3.63) is 59.1 Å². The third-order valence-corrected chi connectivity index (χ3v) is 4.76. The molecular weight excluding hydrogens is 336 g/mol. The van der Waals surface area contributed by atoms with Crippen LogP contribution in [0.25, 0.3) is 0 Å². The van der Waals surface area contributed by atoms with Crippen LogP contribution < -0.4 is 10.6 Å². The standard InChI is InChI=1S/C20H21ClN2O2/c21-15-10-12-16(13-11-15)22-20(25)17-8-4-5-9-18(17)23-19(24)14-6-2-1-3-7-14/h4-5,8-14H,1-3,6-7H2,(H,22,25)(H,23,24). The summed E-state index contributed by atoms with van der Waals surface area (Å²) in [5.74, 6) is -0.213. The first-order valence-electron chi connectivity index (χ1n) is 8.60. The van der Waals surface area contributed by atoms with E-state index >= 15 is 0 Å². The Morgan fingerprint density at radius 1 is 0.880 bits per heavy atom. The number of carbonyl (C=O) groups excluding carboxylic acids is 2. The summed E-state index contributed by atoms with van der Waals surface area (Å²) in [5.41, 5.74) is 1.65. The fraction of sp³-hybridized carbons (Fsp3) is 0.300. The number of halogens is 1. The highest BCUT2D eigenvalue weighted by Crippen LogP contribution is 2.26. The summed E-state index contributed by atoms with van der Waals surface area (Å²) >= 11 is 5.86. The van der Waals surface area contributed by atoms with Gasteiger partial charge in [-0.15, -0.1) is 0 Å². The fourth-order valence-corrected chi connectivity index (χ4v) is 3.25. The lowest BCUT2D eigenvalue weighted by atomic mass is 9.88. The molecule has 0 aliphatic heterocycles. The van der Waals surface area contributed by atoms with E-state index in [9.17, 15) is 9.59 Å². The van der Waals surface area contributed by atoms with Gasteiger partial charge in [0.25, 0.3) is 5.91 Å². The van der Waals surface area contributed by atoms with Gasteiger partial charge in [0.05, 0.1) is 11.3 Å². The molecule has 0 heterocycles. The van der Waals surface area contributed by atoms with Crippen LogP contribution in [-0.4, -0.2) is 11.8 Å². The molecule has 0 spiro atoms. The molecule has 0 aromatic heterocycles. The van der Waals surface area contributed by atoms with Crippen LogP contribution in [0, 0.1) is 5.92 Å². The van der Waals surface area contributed by atoms with Crippen molar-refractivity contribution in [3.63, 3.8) is 0 Å². The van der Waals surface area contributed by atoms with Gasteiger partial charge in [0.15, 0.2) is 0 Å². The Morgan fingerprint density at radius 2 is 1.56 bits per heavy atom. The molecule has 0 saturated heterocycles. The van der Waals surface area contributed by atoms with Gasteiger partial charge in [0.1, 0.15) is 0 Å². The summed E-state index contributed by atoms with van der Waals surface area (Å²) in [5, 5.41) is 6.37. The molecule has 130 valence electrons. The number of carbonyl (C=O) groups is 2. The molecule has 1 aliphatic carbocycles. The van der Waals surface area contributed by atoms with Gasteiger partial charge in [-0.2, -0.15) is 0 Å². The number of rotatable bonds is 4. The number of benzene rings is 2. The normalized spacial score (nSPS) is 14.8. The summed E-state index contributed by atoms with van der Waals surface area (Å²) in [6.45, 7) is 0. The largest absolute Gasteiger partial charge is 0.325 e. The molecule has 1 fully saturated rings. The molecule has 0 atom stereocenters. The second-order valence-electron chi connectivity index (χ2n) is 6.33. The van der Waals surface area contributed by atoms with Crippen LogP contribution in [0.5, 0.6) is 0 Å². The van der Waals surface area contributed by atoms with Crippen molar-refractivity contribution in [1.29, 1.82) is 0 Å². The molecule has 2 N–H and O–H groups in total. The zero-order valence-corrected chi connectivity index (χ0v) is 14.7. The predicted molar refractivity (Wildman–Crippen MR) is 101 cm³/mol. The molecule has 2 amide bonds. The quantitative estimate of drug-likeness (QED) is 0.799. The fourth-order valence-electron chi connectivity index (χ4n) is 3.12. The van der Waals surface area contributed by atoms with Crippen molar-refractivity contribution < 1.29 is 9.59 Å². The third kappa shape index (κ3) is 4.60. The van der Waals surface area contributed by atoms with Gasteiger partial charge in [0, 0.05) is 16.6 Å². The van der Waals surface area contributed by atoms with Gasteiger partial charge in [0.2, 0.25) is 5.91 Å². The number of hydrogen-bond donors (Lipinski definition) is 2. The van der Waals surface area contributed by atoms with Gasteiger partial charge in [-0.05, 0) is 49.2 Å². The van der Waals surface area contributed by atoms with Crippen molar-refractivity contribution in [1.82, 2.24) is 0 Å². The predicted octanol–water partition coefficient (Wildman–Crippen LogP) is 5.11.